The van der Waals surface area contributed by atoms with Crippen molar-refractivity contribution in [3.8, 4) is 0 Å². The number of aromatic nitrogens is 6. The zero-order chi connectivity index (χ0) is 18.5. The Morgan fingerprint density at radius 3 is 1.46 bits per heavy atom. The Bertz CT molecular complexity index is 608. The van der Waals surface area contributed by atoms with Gasteiger partial charge in [-0.3, -0.25) is 19.2 Å². The minimum atomic E-state index is 0.589. The lowest BCUT2D eigenvalue weighted by Gasteiger charge is -2.33. The molecule has 0 amide bonds. The van der Waals surface area contributed by atoms with Crippen LogP contribution in [0.15, 0.2) is 12.4 Å². The van der Waals surface area contributed by atoms with E-state index in [1.54, 1.807) is 0 Å². The van der Waals surface area contributed by atoms with Crippen molar-refractivity contribution in [1.29, 1.82) is 0 Å². The van der Waals surface area contributed by atoms with E-state index in [2.05, 4.69) is 70.5 Å². The highest BCUT2D eigenvalue weighted by Gasteiger charge is 2.19. The summed E-state index contributed by atoms with van der Waals surface area (Å²) in [6, 6.07) is 0. The standard InChI is InChI=1S/C18H32N8/c1-15(2)9-25-13-17(19-21-25)11-23-5-7-24(8-6-23)12-18-14-26(22-20-18)10-16(3)4/h13-16H,5-12H2,1-4H3. The molecule has 144 valence electrons. The van der Waals surface area contributed by atoms with Crippen LogP contribution in [-0.2, 0) is 26.2 Å². The van der Waals surface area contributed by atoms with Crippen molar-refractivity contribution < 1.29 is 0 Å². The van der Waals surface area contributed by atoms with Gasteiger partial charge in [0.05, 0.1) is 11.4 Å². The largest absolute Gasteiger partial charge is 0.295 e. The molecule has 0 N–H and O–H groups in total. The molecule has 0 radical (unpaired) electrons. The van der Waals surface area contributed by atoms with E-state index in [0.717, 1.165) is 63.7 Å². The summed E-state index contributed by atoms with van der Waals surface area (Å²) in [4.78, 5) is 4.91. The lowest BCUT2D eigenvalue weighted by molar-refractivity contribution is 0.120. The summed E-state index contributed by atoms with van der Waals surface area (Å²) >= 11 is 0. The monoisotopic (exact) mass is 360 g/mol. The molecule has 1 fully saturated rings. The van der Waals surface area contributed by atoms with Crippen LogP contribution < -0.4 is 0 Å². The predicted octanol–water partition coefficient (Wildman–Crippen LogP) is 1.50. The molecule has 1 aliphatic heterocycles. The van der Waals surface area contributed by atoms with Crippen molar-refractivity contribution in [2.45, 2.75) is 53.9 Å². The highest BCUT2D eigenvalue weighted by atomic mass is 15.4. The minimum absolute atomic E-state index is 0.589. The van der Waals surface area contributed by atoms with E-state index in [-0.39, 0.29) is 0 Å². The molecule has 0 aliphatic carbocycles. The normalized spacial score (nSPS) is 16.8. The van der Waals surface area contributed by atoms with Gasteiger partial charge in [-0.15, -0.1) is 10.2 Å². The third-order valence-corrected chi connectivity index (χ3v) is 4.51. The van der Waals surface area contributed by atoms with Gasteiger partial charge in [0.15, 0.2) is 0 Å². The maximum atomic E-state index is 4.31. The molecule has 8 heteroatoms. The highest BCUT2D eigenvalue weighted by molar-refractivity contribution is 4.95. The molecular formula is C18H32N8. The third kappa shape index (κ3) is 5.60. The van der Waals surface area contributed by atoms with Crippen molar-refractivity contribution >= 4 is 0 Å². The van der Waals surface area contributed by atoms with Gasteiger partial charge in [-0.05, 0) is 11.8 Å². The molecular weight excluding hydrogens is 328 g/mol. The number of hydrogen-bond acceptors (Lipinski definition) is 6. The molecule has 0 saturated carbocycles. The Balaban J connectivity index is 1.42. The van der Waals surface area contributed by atoms with Gasteiger partial charge < -0.3 is 0 Å². The molecule has 1 saturated heterocycles. The van der Waals surface area contributed by atoms with Crippen LogP contribution >= 0.6 is 0 Å². The van der Waals surface area contributed by atoms with Crippen molar-refractivity contribution in [3.05, 3.63) is 23.8 Å². The van der Waals surface area contributed by atoms with Gasteiger partial charge in [-0.25, -0.2) is 0 Å². The Labute approximate surface area is 156 Å². The summed E-state index contributed by atoms with van der Waals surface area (Å²) < 4.78 is 3.91. The van der Waals surface area contributed by atoms with Crippen LogP contribution in [0.25, 0.3) is 0 Å². The van der Waals surface area contributed by atoms with Crippen LogP contribution in [-0.4, -0.2) is 66.0 Å². The summed E-state index contributed by atoms with van der Waals surface area (Å²) in [5, 5.41) is 17.1. The second kappa shape index (κ2) is 8.73. The van der Waals surface area contributed by atoms with Crippen molar-refractivity contribution in [2.24, 2.45) is 11.8 Å². The fourth-order valence-corrected chi connectivity index (χ4v) is 3.31. The van der Waals surface area contributed by atoms with Crippen LogP contribution in [0.2, 0.25) is 0 Å². The SMILES string of the molecule is CC(C)Cn1cc(CN2CCN(Cc3cn(CC(C)C)nn3)CC2)nn1. The first-order valence-corrected chi connectivity index (χ1v) is 9.70. The number of rotatable bonds is 8. The zero-order valence-corrected chi connectivity index (χ0v) is 16.5. The summed E-state index contributed by atoms with van der Waals surface area (Å²) in [7, 11) is 0. The maximum absolute atomic E-state index is 4.31. The van der Waals surface area contributed by atoms with Crippen molar-refractivity contribution in [3.63, 3.8) is 0 Å². The smallest absolute Gasteiger partial charge is 0.0967 e. The van der Waals surface area contributed by atoms with Gasteiger partial charge in [0, 0.05) is 64.8 Å². The summed E-state index contributed by atoms with van der Waals surface area (Å²) in [6.07, 6.45) is 4.17. The lowest BCUT2D eigenvalue weighted by Crippen LogP contribution is -2.45. The van der Waals surface area contributed by atoms with Gasteiger partial charge in [0.1, 0.15) is 0 Å². The maximum Gasteiger partial charge on any atom is 0.0967 e. The fourth-order valence-electron chi connectivity index (χ4n) is 3.31. The molecule has 2 aromatic heterocycles. The average Bonchev–Trinajstić information content (AvgIpc) is 3.18. The van der Waals surface area contributed by atoms with Gasteiger partial charge >= 0.3 is 0 Å². The van der Waals surface area contributed by atoms with E-state index >= 15 is 0 Å². The molecule has 26 heavy (non-hydrogen) atoms. The molecule has 0 aromatic carbocycles. The molecule has 0 atom stereocenters. The zero-order valence-electron chi connectivity index (χ0n) is 16.5. The van der Waals surface area contributed by atoms with Crippen LogP contribution in [0.3, 0.4) is 0 Å². The van der Waals surface area contributed by atoms with E-state index in [1.807, 2.05) is 9.36 Å². The second-order valence-electron chi connectivity index (χ2n) is 8.20. The second-order valence-corrected chi connectivity index (χ2v) is 8.20. The summed E-state index contributed by atoms with van der Waals surface area (Å²) in [6.45, 7) is 16.6. The number of hydrogen-bond donors (Lipinski definition) is 0. The van der Waals surface area contributed by atoms with Crippen LogP contribution in [0.4, 0.5) is 0 Å². The molecule has 2 aromatic rings. The van der Waals surface area contributed by atoms with E-state index in [0.29, 0.717) is 11.8 Å². The Hall–Kier alpha value is -1.80. The Kier molecular flexibility index (Phi) is 6.37. The molecule has 8 nitrogen and oxygen atoms in total. The van der Waals surface area contributed by atoms with E-state index in [1.165, 1.54) is 0 Å². The van der Waals surface area contributed by atoms with E-state index in [9.17, 15) is 0 Å². The molecule has 3 rings (SSSR count). The topological polar surface area (TPSA) is 67.9 Å². The van der Waals surface area contributed by atoms with Gasteiger partial charge in [-0.2, -0.15) is 0 Å². The first-order chi connectivity index (χ1) is 12.5. The lowest BCUT2D eigenvalue weighted by atomic mass is 10.2. The predicted molar refractivity (Wildman–Crippen MR) is 100 cm³/mol. The van der Waals surface area contributed by atoms with E-state index < -0.39 is 0 Å². The third-order valence-electron chi connectivity index (χ3n) is 4.51. The summed E-state index contributed by atoms with van der Waals surface area (Å²) in [5.74, 6) is 1.18. The fraction of sp³-hybridized carbons (Fsp3) is 0.778. The minimum Gasteiger partial charge on any atom is -0.295 e. The average molecular weight is 361 g/mol. The highest BCUT2D eigenvalue weighted by Crippen LogP contribution is 2.10. The first-order valence-electron chi connectivity index (χ1n) is 9.70. The molecule has 0 unspecified atom stereocenters. The molecule has 0 bridgehead atoms. The molecule has 0 spiro atoms. The first kappa shape index (κ1) is 19.0. The Morgan fingerprint density at radius 1 is 0.731 bits per heavy atom. The van der Waals surface area contributed by atoms with Crippen LogP contribution in [0, 0.1) is 11.8 Å². The van der Waals surface area contributed by atoms with Crippen LogP contribution in [0.1, 0.15) is 39.1 Å². The number of nitrogens with zero attached hydrogens (tertiary/aromatic N) is 8. The van der Waals surface area contributed by atoms with Crippen molar-refractivity contribution in [2.75, 3.05) is 26.2 Å². The number of piperazine rings is 1. The van der Waals surface area contributed by atoms with Gasteiger partial charge in [-0.1, -0.05) is 38.1 Å². The van der Waals surface area contributed by atoms with Gasteiger partial charge in [0.2, 0.25) is 0 Å². The Morgan fingerprint density at radius 2 is 1.12 bits per heavy atom. The van der Waals surface area contributed by atoms with Crippen molar-refractivity contribution in [1.82, 2.24) is 39.8 Å². The van der Waals surface area contributed by atoms with Gasteiger partial charge in [0.25, 0.3) is 0 Å². The quantitative estimate of drug-likeness (QED) is 0.711. The summed E-state index contributed by atoms with van der Waals surface area (Å²) in [5.41, 5.74) is 2.13. The molecule has 1 aliphatic rings. The van der Waals surface area contributed by atoms with E-state index in [4.69, 9.17) is 0 Å². The van der Waals surface area contributed by atoms with Crippen LogP contribution in [0.5, 0.6) is 0 Å². The molecule has 3 heterocycles.